The maximum atomic E-state index is 14.0. The van der Waals surface area contributed by atoms with Crippen molar-refractivity contribution in [1.82, 2.24) is 24.3 Å². The van der Waals surface area contributed by atoms with E-state index in [0.717, 1.165) is 92.0 Å². The minimum atomic E-state index is -0.272. The van der Waals surface area contributed by atoms with Crippen LogP contribution in [0.1, 0.15) is 82.9 Å². The molecular weight excluding hydrogens is 703 g/mol. The molecule has 0 aliphatic carbocycles. The molecule has 12 heteroatoms. The molecule has 2 aromatic heterocycles. The van der Waals surface area contributed by atoms with Crippen LogP contribution in [0.2, 0.25) is 0 Å². The van der Waals surface area contributed by atoms with E-state index in [9.17, 15) is 9.90 Å². The lowest BCUT2D eigenvalue weighted by atomic mass is 9.92. The van der Waals surface area contributed by atoms with E-state index < -0.39 is 0 Å². The number of hydrogen-bond donors (Lipinski definition) is 5. The van der Waals surface area contributed by atoms with Crippen molar-refractivity contribution < 1.29 is 14.6 Å². The van der Waals surface area contributed by atoms with Gasteiger partial charge in [0.15, 0.2) is 0 Å². The maximum Gasteiger partial charge on any atom is 0.254 e. The highest BCUT2D eigenvalue weighted by atomic mass is 16.5. The van der Waals surface area contributed by atoms with Gasteiger partial charge in [-0.15, -0.1) is 0 Å². The Bertz CT molecular complexity index is 2120. The van der Waals surface area contributed by atoms with Crippen LogP contribution in [-0.4, -0.2) is 94.2 Å². The lowest BCUT2D eigenvalue weighted by Crippen LogP contribution is -2.44. The fraction of sp³-hybridized carbons (Fsp3) is 0.455. The number of para-hydroxylation sites is 1. The smallest absolute Gasteiger partial charge is 0.254 e. The number of likely N-dealkylation sites (tertiary alicyclic amines) is 2. The zero-order chi connectivity index (χ0) is 39.7. The van der Waals surface area contributed by atoms with Crippen LogP contribution in [0, 0.1) is 26.7 Å². The van der Waals surface area contributed by atoms with Crippen LogP contribution < -0.4 is 22.5 Å². The molecule has 0 saturated carbocycles. The number of fused-ring (bicyclic) bond motifs is 1. The molecule has 3 aliphatic heterocycles. The number of hydrogen-bond acceptors (Lipinski definition) is 10. The van der Waals surface area contributed by atoms with Gasteiger partial charge in [0.05, 0.1) is 23.7 Å². The molecule has 0 spiro atoms. The molecule has 5 heterocycles. The number of nitrogens with two attached hydrogens (primary N) is 3. The molecule has 2 unspecified atom stereocenters. The summed E-state index contributed by atoms with van der Waals surface area (Å²) < 4.78 is 8.88. The van der Waals surface area contributed by atoms with E-state index in [1.54, 1.807) is 24.3 Å². The van der Waals surface area contributed by atoms with Gasteiger partial charge in [0.2, 0.25) is 0 Å². The quantitative estimate of drug-likeness (QED) is 0.133. The molecule has 0 radical (unpaired) electrons. The number of phenols is 1. The molecule has 3 saturated heterocycles. The Kier molecular flexibility index (Phi) is 11.5. The molecule has 2 aromatic carbocycles. The topological polar surface area (TPSA) is 164 Å². The van der Waals surface area contributed by atoms with Crippen molar-refractivity contribution in [3.05, 3.63) is 106 Å². The summed E-state index contributed by atoms with van der Waals surface area (Å²) >= 11 is 0. The Morgan fingerprint density at radius 2 is 1.66 bits per heavy atom. The Morgan fingerprint density at radius 1 is 0.929 bits per heavy atom. The predicted octanol–water partition coefficient (Wildman–Crippen LogP) is 5.75. The molecular formula is C44H59N9O3. The van der Waals surface area contributed by atoms with E-state index in [2.05, 4.69) is 44.9 Å². The van der Waals surface area contributed by atoms with Gasteiger partial charge in [-0.3, -0.25) is 4.79 Å². The fourth-order valence-corrected chi connectivity index (χ4v) is 8.98. The van der Waals surface area contributed by atoms with Crippen molar-refractivity contribution >= 4 is 28.3 Å². The number of carbonyl (C=O) groups excluding carboxylic acids is 1. The summed E-state index contributed by atoms with van der Waals surface area (Å²) in [4.78, 5) is 25.5. The van der Waals surface area contributed by atoms with E-state index in [4.69, 9.17) is 26.9 Å². The van der Waals surface area contributed by atoms with Gasteiger partial charge in [-0.05, 0) is 112 Å². The lowest BCUT2D eigenvalue weighted by Gasteiger charge is -2.40. The molecule has 56 heavy (non-hydrogen) atoms. The lowest BCUT2D eigenvalue weighted by molar-refractivity contribution is -0.0686. The third kappa shape index (κ3) is 8.17. The number of phenolic OH excluding ortho intramolecular Hbond substituents is 1. The van der Waals surface area contributed by atoms with Gasteiger partial charge in [0.1, 0.15) is 23.3 Å². The first-order valence-corrected chi connectivity index (χ1v) is 20.1. The number of nitrogens with one attached hydrogen (secondary N) is 1. The number of aryl methyl sites for hydroxylation is 3. The van der Waals surface area contributed by atoms with Crippen molar-refractivity contribution in [2.75, 3.05) is 58.2 Å². The summed E-state index contributed by atoms with van der Waals surface area (Å²) in [7, 11) is 1.93. The molecule has 1 amide bonds. The van der Waals surface area contributed by atoms with Gasteiger partial charge in [0.25, 0.3) is 5.91 Å². The number of morpholine rings is 1. The molecule has 3 aliphatic rings. The Hall–Kier alpha value is -5.20. The average molecular weight is 762 g/mol. The summed E-state index contributed by atoms with van der Waals surface area (Å²) in [5.41, 5.74) is 27.4. The largest absolute Gasteiger partial charge is 0.507 e. The highest BCUT2D eigenvalue weighted by Crippen LogP contribution is 2.34. The SMILES string of the molecule is CNc1cnc2c(c1)c(C)cn2C1CCN(CC2CCN(C(=O)c3cc(C)c(C4CN(C(/C=C(\N)c5ccccc5O)=C(N)N)CC(C)O4)cc3C)CC2)CC1. The number of rotatable bonds is 9. The molecule has 12 nitrogen and oxygen atoms in total. The Balaban J connectivity index is 0.946. The number of allylic oxidation sites excluding steroid dienone is 1. The molecule has 4 aromatic rings. The van der Waals surface area contributed by atoms with Crippen LogP contribution in [-0.2, 0) is 4.74 Å². The van der Waals surface area contributed by atoms with Crippen molar-refractivity contribution in [3.8, 4) is 5.75 Å². The van der Waals surface area contributed by atoms with E-state index in [1.807, 2.05) is 51.0 Å². The minimum Gasteiger partial charge on any atom is -0.507 e. The molecule has 3 fully saturated rings. The zero-order valence-corrected chi connectivity index (χ0v) is 33.6. The highest BCUT2D eigenvalue weighted by Gasteiger charge is 2.32. The monoisotopic (exact) mass is 761 g/mol. The van der Waals surface area contributed by atoms with Crippen LogP contribution >= 0.6 is 0 Å². The number of nitrogens with zero attached hydrogens (tertiary/aromatic N) is 5. The number of aromatic hydroxyl groups is 1. The predicted molar refractivity (Wildman–Crippen MR) is 224 cm³/mol. The molecule has 2 atom stereocenters. The first-order chi connectivity index (χ1) is 26.9. The summed E-state index contributed by atoms with van der Waals surface area (Å²) in [5, 5.41) is 14.8. The first kappa shape index (κ1) is 39.1. The van der Waals surface area contributed by atoms with Crippen molar-refractivity contribution in [3.63, 3.8) is 0 Å². The summed E-state index contributed by atoms with van der Waals surface area (Å²) in [6.07, 6.45) is 9.82. The average Bonchev–Trinajstić information content (AvgIpc) is 3.52. The zero-order valence-electron chi connectivity index (χ0n) is 33.6. The number of carbonyl (C=O) groups is 1. The van der Waals surface area contributed by atoms with E-state index >= 15 is 0 Å². The van der Waals surface area contributed by atoms with Crippen LogP contribution in [0.25, 0.3) is 16.7 Å². The van der Waals surface area contributed by atoms with Gasteiger partial charge in [-0.2, -0.15) is 0 Å². The standard InChI is InChI=1S/C44H59N9O3/c1-27-19-37(28(2)18-35(27)41-26-52(24-30(4)56-41)39(42(46)47)21-38(45)34-8-6-7-9-40(34)54)44(55)51-16-10-31(11-17-51)25-50-14-12-33(13-15-50)53-23-29(3)36-20-32(48-5)22-49-43(36)53/h6-9,18-23,30-31,33,41,48,54H,10-17,24-26,45-47H2,1-5H3/b38-21-. The second kappa shape index (κ2) is 16.5. The van der Waals surface area contributed by atoms with Crippen LogP contribution in [0.5, 0.6) is 5.75 Å². The number of benzene rings is 2. The summed E-state index contributed by atoms with van der Waals surface area (Å²) in [5.74, 6) is 0.916. The second-order valence-electron chi connectivity index (χ2n) is 16.2. The van der Waals surface area contributed by atoms with Gasteiger partial charge in [-0.1, -0.05) is 18.2 Å². The Morgan fingerprint density at radius 3 is 2.36 bits per heavy atom. The summed E-state index contributed by atoms with van der Waals surface area (Å²) in [6.45, 7) is 14.2. The van der Waals surface area contributed by atoms with Gasteiger partial charge in [0, 0.05) is 87.3 Å². The molecule has 298 valence electrons. The summed E-state index contributed by atoms with van der Waals surface area (Å²) in [6, 6.07) is 13.7. The van der Waals surface area contributed by atoms with Crippen molar-refractivity contribution in [2.45, 2.75) is 71.6 Å². The number of piperidine rings is 2. The third-order valence-corrected chi connectivity index (χ3v) is 12.1. The molecule has 8 N–H and O–H groups in total. The van der Waals surface area contributed by atoms with Crippen LogP contribution in [0.4, 0.5) is 5.69 Å². The van der Waals surface area contributed by atoms with Gasteiger partial charge >= 0.3 is 0 Å². The van der Waals surface area contributed by atoms with E-state index in [-0.39, 0.29) is 29.7 Å². The van der Waals surface area contributed by atoms with Crippen molar-refractivity contribution in [2.24, 2.45) is 23.1 Å². The van der Waals surface area contributed by atoms with Gasteiger partial charge < -0.3 is 51.6 Å². The van der Waals surface area contributed by atoms with Gasteiger partial charge in [-0.25, -0.2) is 4.98 Å². The number of anilines is 1. The van der Waals surface area contributed by atoms with Crippen molar-refractivity contribution in [1.29, 1.82) is 0 Å². The van der Waals surface area contributed by atoms with Crippen LogP contribution in [0.3, 0.4) is 0 Å². The first-order valence-electron chi connectivity index (χ1n) is 20.1. The maximum absolute atomic E-state index is 14.0. The number of pyridine rings is 1. The van der Waals surface area contributed by atoms with E-state index in [1.165, 1.54) is 10.9 Å². The molecule has 7 rings (SSSR count). The fourth-order valence-electron chi connectivity index (χ4n) is 8.98. The number of ether oxygens (including phenoxy) is 1. The Labute approximate surface area is 331 Å². The minimum absolute atomic E-state index is 0.0839. The second-order valence-corrected chi connectivity index (χ2v) is 16.2. The number of aromatic nitrogens is 2. The highest BCUT2D eigenvalue weighted by molar-refractivity contribution is 5.96. The van der Waals surface area contributed by atoms with E-state index in [0.29, 0.717) is 42.0 Å². The molecule has 0 bridgehead atoms. The third-order valence-electron chi connectivity index (χ3n) is 12.1. The normalized spacial score (nSPS) is 20.4. The number of amides is 1. The van der Waals surface area contributed by atoms with Crippen LogP contribution in [0.15, 0.2) is 72.5 Å².